The van der Waals surface area contributed by atoms with Crippen LogP contribution in [0.25, 0.3) is 21.9 Å². The summed E-state index contributed by atoms with van der Waals surface area (Å²) in [5, 5.41) is 13.6. The van der Waals surface area contributed by atoms with Crippen LogP contribution in [-0.4, -0.2) is 44.7 Å². The van der Waals surface area contributed by atoms with Crippen molar-refractivity contribution >= 4 is 39.4 Å². The molecule has 0 saturated carbocycles. The molecule has 0 saturated heterocycles. The Hall–Kier alpha value is -4.05. The van der Waals surface area contributed by atoms with Crippen molar-refractivity contribution in [3.05, 3.63) is 69.0 Å². The van der Waals surface area contributed by atoms with E-state index in [9.17, 15) is 19.5 Å². The van der Waals surface area contributed by atoms with E-state index in [2.05, 4.69) is 17.0 Å². The van der Waals surface area contributed by atoms with Gasteiger partial charge >= 0.3 is 5.97 Å². The molecule has 10 heteroatoms. The predicted molar refractivity (Wildman–Crippen MR) is 127 cm³/mol. The molecule has 0 atom stereocenters. The molecule has 0 unspecified atom stereocenters. The van der Waals surface area contributed by atoms with Crippen molar-refractivity contribution in [3.63, 3.8) is 0 Å². The highest BCUT2D eigenvalue weighted by Gasteiger charge is 2.35. The van der Waals surface area contributed by atoms with Crippen LogP contribution in [0.4, 0.5) is 5.69 Å². The first kappa shape index (κ1) is 21.8. The number of nitrogens with zero attached hydrogens (tertiary/aromatic N) is 4. The Morgan fingerprint density at radius 3 is 2.59 bits per heavy atom. The molecule has 5 rings (SSSR count). The number of fused-ring (bicyclic) bond motifs is 2. The maximum atomic E-state index is 13.2. The number of carbonyl (C=O) groups excluding carboxylic acids is 1. The number of hydrogen-bond donors (Lipinski definition) is 1. The van der Waals surface area contributed by atoms with Crippen LogP contribution in [0.1, 0.15) is 25.3 Å². The number of thiazole rings is 1. The molecule has 2 aromatic heterocycles. The van der Waals surface area contributed by atoms with Crippen molar-refractivity contribution in [2.75, 3.05) is 18.1 Å². The van der Waals surface area contributed by atoms with Gasteiger partial charge in [-0.2, -0.15) is 9.50 Å². The summed E-state index contributed by atoms with van der Waals surface area (Å²) < 4.78 is 7.05. The first-order chi connectivity index (χ1) is 16.5. The van der Waals surface area contributed by atoms with Gasteiger partial charge in [-0.1, -0.05) is 42.9 Å². The van der Waals surface area contributed by atoms with Crippen LogP contribution in [0, 0.1) is 0 Å². The van der Waals surface area contributed by atoms with Crippen LogP contribution >= 0.6 is 11.3 Å². The fraction of sp³-hybridized carbons (Fsp3) is 0.208. The summed E-state index contributed by atoms with van der Waals surface area (Å²) in [4.78, 5) is 43.6. The minimum atomic E-state index is -1.14. The average Bonchev–Trinajstić information content (AvgIpc) is 3.46. The Labute approximate surface area is 197 Å². The van der Waals surface area contributed by atoms with E-state index in [1.54, 1.807) is 24.3 Å². The Morgan fingerprint density at radius 2 is 1.88 bits per heavy atom. The standard InChI is InChI=1S/C24H20N4O5S/c1-2-3-12-33-15-10-8-14(9-11-15)21-25-24-28(26-21)23(32)20(34-24)19-16-6-4-5-7-17(16)27(22(19)31)13-18(29)30/h4-11H,2-3,12-13H2,1H3,(H,29,30). The highest BCUT2D eigenvalue weighted by Crippen LogP contribution is 2.35. The number of anilines is 1. The second kappa shape index (κ2) is 8.71. The molecule has 1 amide bonds. The largest absolute Gasteiger partial charge is 0.494 e. The Kier molecular flexibility index (Phi) is 5.58. The number of carbonyl (C=O) groups is 2. The van der Waals surface area contributed by atoms with E-state index in [-0.39, 0.29) is 10.1 Å². The quantitative estimate of drug-likeness (QED) is 0.407. The van der Waals surface area contributed by atoms with E-state index < -0.39 is 24.0 Å². The number of benzene rings is 2. The summed E-state index contributed by atoms with van der Waals surface area (Å²) in [5.41, 5.74) is 1.43. The zero-order valence-corrected chi connectivity index (χ0v) is 19.0. The number of ether oxygens (including phenoxy) is 1. The third-order valence-corrected chi connectivity index (χ3v) is 6.51. The van der Waals surface area contributed by atoms with E-state index in [1.807, 2.05) is 24.3 Å². The molecule has 0 spiro atoms. The molecule has 1 N–H and O–H groups in total. The zero-order valence-electron chi connectivity index (χ0n) is 18.2. The van der Waals surface area contributed by atoms with Gasteiger partial charge in [-0.05, 0) is 36.8 Å². The normalized spacial score (nSPS) is 14.6. The van der Waals surface area contributed by atoms with Crippen molar-refractivity contribution in [3.8, 4) is 17.1 Å². The van der Waals surface area contributed by atoms with Gasteiger partial charge in [0.2, 0.25) is 4.96 Å². The van der Waals surface area contributed by atoms with Crippen LogP contribution in [0.5, 0.6) is 5.75 Å². The van der Waals surface area contributed by atoms with Gasteiger partial charge in [0, 0.05) is 11.1 Å². The van der Waals surface area contributed by atoms with E-state index in [1.165, 1.54) is 4.52 Å². The smallest absolute Gasteiger partial charge is 0.323 e. The lowest BCUT2D eigenvalue weighted by molar-refractivity contribution is -0.136. The summed E-state index contributed by atoms with van der Waals surface area (Å²) in [6.07, 6.45) is 2.04. The number of carboxylic acids is 1. The first-order valence-electron chi connectivity index (χ1n) is 10.8. The fourth-order valence-electron chi connectivity index (χ4n) is 3.83. The highest BCUT2D eigenvalue weighted by molar-refractivity contribution is 7.15. The summed E-state index contributed by atoms with van der Waals surface area (Å²) in [5.74, 6) is -0.513. The van der Waals surface area contributed by atoms with Gasteiger partial charge in [0.1, 0.15) is 16.8 Å². The third-order valence-electron chi connectivity index (χ3n) is 5.48. The summed E-state index contributed by atoms with van der Waals surface area (Å²) in [7, 11) is 0. The third kappa shape index (κ3) is 3.71. The number of hydrogen-bond acceptors (Lipinski definition) is 7. The molecule has 2 aromatic carbocycles. The maximum Gasteiger partial charge on any atom is 0.323 e. The summed E-state index contributed by atoms with van der Waals surface area (Å²) in [6, 6.07) is 14.2. The van der Waals surface area contributed by atoms with Crippen LogP contribution in [0.3, 0.4) is 0 Å². The lowest BCUT2D eigenvalue weighted by Gasteiger charge is -2.13. The SMILES string of the molecule is CCCCOc1ccc(-c2nc3sc(=C4C(=O)N(CC(=O)O)c5ccccc54)c(=O)n3n2)cc1. The van der Waals surface area contributed by atoms with Crippen LogP contribution < -0.4 is 19.7 Å². The molecule has 34 heavy (non-hydrogen) atoms. The van der Waals surface area contributed by atoms with Gasteiger partial charge in [0.25, 0.3) is 11.5 Å². The second-order valence-electron chi connectivity index (χ2n) is 7.77. The number of aliphatic carboxylic acids is 1. The van der Waals surface area contributed by atoms with Crippen LogP contribution in [0.15, 0.2) is 53.3 Å². The van der Waals surface area contributed by atoms with Crippen molar-refractivity contribution in [1.29, 1.82) is 0 Å². The molecular formula is C24H20N4O5S. The van der Waals surface area contributed by atoms with Crippen molar-refractivity contribution in [2.24, 2.45) is 0 Å². The number of para-hydroxylation sites is 1. The number of aromatic nitrogens is 3. The molecule has 1 aliphatic heterocycles. The Bertz CT molecular complexity index is 1520. The second-order valence-corrected chi connectivity index (χ2v) is 8.75. The molecule has 0 aliphatic carbocycles. The molecule has 172 valence electrons. The molecular weight excluding hydrogens is 456 g/mol. The lowest BCUT2D eigenvalue weighted by atomic mass is 10.1. The molecule has 4 aromatic rings. The molecule has 3 heterocycles. The van der Waals surface area contributed by atoms with Crippen molar-refractivity contribution in [2.45, 2.75) is 19.8 Å². The number of amides is 1. The highest BCUT2D eigenvalue weighted by atomic mass is 32.1. The molecule has 0 radical (unpaired) electrons. The van der Waals surface area contributed by atoms with E-state index in [0.29, 0.717) is 28.6 Å². The predicted octanol–water partition coefficient (Wildman–Crippen LogP) is 2.35. The Morgan fingerprint density at radius 1 is 1.12 bits per heavy atom. The average molecular weight is 477 g/mol. The van der Waals surface area contributed by atoms with Gasteiger partial charge in [0.05, 0.1) is 17.9 Å². The minimum absolute atomic E-state index is 0.175. The molecule has 9 nitrogen and oxygen atoms in total. The van der Waals surface area contributed by atoms with E-state index in [4.69, 9.17) is 4.74 Å². The fourth-order valence-corrected chi connectivity index (χ4v) is 4.83. The monoisotopic (exact) mass is 476 g/mol. The molecule has 0 bridgehead atoms. The summed E-state index contributed by atoms with van der Waals surface area (Å²) >= 11 is 1.06. The minimum Gasteiger partial charge on any atom is -0.494 e. The molecule has 0 fully saturated rings. The topological polar surface area (TPSA) is 114 Å². The van der Waals surface area contributed by atoms with Crippen LogP contribution in [0.2, 0.25) is 0 Å². The number of rotatable bonds is 7. The van der Waals surface area contributed by atoms with E-state index >= 15 is 0 Å². The van der Waals surface area contributed by atoms with E-state index in [0.717, 1.165) is 40.4 Å². The van der Waals surface area contributed by atoms with Gasteiger partial charge in [0.15, 0.2) is 5.82 Å². The van der Waals surface area contributed by atoms with Gasteiger partial charge in [-0.3, -0.25) is 19.3 Å². The molecule has 1 aliphatic rings. The van der Waals surface area contributed by atoms with Gasteiger partial charge in [-0.25, -0.2) is 0 Å². The maximum absolute atomic E-state index is 13.2. The summed E-state index contributed by atoms with van der Waals surface area (Å²) in [6.45, 7) is 2.27. The van der Waals surface area contributed by atoms with Gasteiger partial charge < -0.3 is 9.84 Å². The number of carboxylic acid groups (broad SMARTS) is 1. The van der Waals surface area contributed by atoms with Gasteiger partial charge in [-0.15, -0.1) is 5.10 Å². The van der Waals surface area contributed by atoms with Crippen molar-refractivity contribution in [1.82, 2.24) is 14.6 Å². The lowest BCUT2D eigenvalue weighted by Crippen LogP contribution is -2.35. The number of unbranched alkanes of at least 4 members (excludes halogenated alkanes) is 1. The Balaban J connectivity index is 1.54. The van der Waals surface area contributed by atoms with Crippen LogP contribution in [-0.2, 0) is 9.59 Å². The first-order valence-corrected chi connectivity index (χ1v) is 11.6. The van der Waals surface area contributed by atoms with Crippen molar-refractivity contribution < 1.29 is 19.4 Å². The zero-order chi connectivity index (χ0) is 23.8.